The molecule has 0 aliphatic rings. The molecule has 1 N–H and O–H groups in total. The van der Waals surface area contributed by atoms with Crippen molar-refractivity contribution in [1.29, 1.82) is 0 Å². The molecular weight excluding hydrogens is 362 g/mol. The number of hydrogen-bond acceptors (Lipinski definition) is 3. The van der Waals surface area contributed by atoms with Gasteiger partial charge in [-0.25, -0.2) is 0 Å². The molecule has 0 aliphatic heterocycles. The highest BCUT2D eigenvalue weighted by Gasteiger charge is 2.27. The molecule has 5 heteroatoms. The van der Waals surface area contributed by atoms with Crippen molar-refractivity contribution in [2.45, 2.75) is 46.6 Å². The first-order chi connectivity index (χ1) is 10.5. The molecule has 0 fully saturated rings. The SMILES string of the molecule is CCC(CC)C(NC(=O)c1c(C)oc(C)c1Br)c1cccs1. The van der Waals surface area contributed by atoms with Crippen molar-refractivity contribution < 1.29 is 9.21 Å². The van der Waals surface area contributed by atoms with Crippen molar-refractivity contribution in [1.82, 2.24) is 5.32 Å². The smallest absolute Gasteiger partial charge is 0.256 e. The monoisotopic (exact) mass is 383 g/mol. The summed E-state index contributed by atoms with van der Waals surface area (Å²) in [6.07, 6.45) is 2.06. The van der Waals surface area contributed by atoms with Crippen molar-refractivity contribution in [2.24, 2.45) is 5.92 Å². The summed E-state index contributed by atoms with van der Waals surface area (Å²) in [4.78, 5) is 13.9. The van der Waals surface area contributed by atoms with E-state index in [2.05, 4.69) is 46.5 Å². The van der Waals surface area contributed by atoms with Crippen LogP contribution in [0.1, 0.15) is 59.5 Å². The largest absolute Gasteiger partial charge is 0.465 e. The lowest BCUT2D eigenvalue weighted by atomic mass is 9.92. The van der Waals surface area contributed by atoms with Crippen molar-refractivity contribution >= 4 is 33.2 Å². The fourth-order valence-electron chi connectivity index (χ4n) is 2.78. The van der Waals surface area contributed by atoms with Crippen LogP contribution in [0.3, 0.4) is 0 Å². The molecule has 2 aromatic heterocycles. The maximum Gasteiger partial charge on any atom is 0.256 e. The number of furan rings is 1. The first-order valence-corrected chi connectivity index (χ1v) is 9.26. The Morgan fingerprint density at radius 3 is 2.45 bits per heavy atom. The zero-order chi connectivity index (χ0) is 16.3. The molecule has 1 amide bonds. The summed E-state index contributed by atoms with van der Waals surface area (Å²) >= 11 is 5.15. The van der Waals surface area contributed by atoms with Gasteiger partial charge in [-0.3, -0.25) is 4.79 Å². The van der Waals surface area contributed by atoms with Gasteiger partial charge in [0, 0.05) is 4.88 Å². The molecule has 3 nitrogen and oxygen atoms in total. The van der Waals surface area contributed by atoms with Gasteiger partial charge >= 0.3 is 0 Å². The van der Waals surface area contributed by atoms with Gasteiger partial charge in [-0.05, 0) is 47.1 Å². The van der Waals surface area contributed by atoms with Gasteiger partial charge in [-0.15, -0.1) is 11.3 Å². The Morgan fingerprint density at radius 2 is 2.00 bits per heavy atom. The molecule has 2 rings (SSSR count). The lowest BCUT2D eigenvalue weighted by Crippen LogP contribution is -2.33. The van der Waals surface area contributed by atoms with Crippen LogP contribution in [0.5, 0.6) is 0 Å². The summed E-state index contributed by atoms with van der Waals surface area (Å²) in [6, 6.07) is 4.17. The number of thiophene rings is 1. The highest BCUT2D eigenvalue weighted by molar-refractivity contribution is 9.10. The summed E-state index contributed by atoms with van der Waals surface area (Å²) in [5.74, 6) is 1.73. The molecule has 1 atom stereocenters. The molecule has 2 aromatic rings. The second-order valence-electron chi connectivity index (χ2n) is 5.45. The molecule has 0 spiro atoms. The molecular formula is C17H22BrNO2S. The number of halogens is 1. The van der Waals surface area contributed by atoms with Gasteiger partial charge in [-0.1, -0.05) is 32.8 Å². The third kappa shape index (κ3) is 3.46. The van der Waals surface area contributed by atoms with Gasteiger partial charge in [0.1, 0.15) is 11.5 Å². The van der Waals surface area contributed by atoms with E-state index in [9.17, 15) is 4.79 Å². The minimum Gasteiger partial charge on any atom is -0.465 e. The van der Waals surface area contributed by atoms with Gasteiger partial charge in [0.05, 0.1) is 16.1 Å². The Balaban J connectivity index is 2.29. The maximum absolute atomic E-state index is 12.7. The third-order valence-corrected chi connectivity index (χ3v) is 5.98. The standard InChI is InChI=1S/C17H22BrNO2S/c1-5-12(6-2)16(13-8-7-9-22-13)19-17(20)14-10(3)21-11(4)15(14)18/h7-9,12,16H,5-6H2,1-4H3,(H,19,20). The van der Waals surface area contributed by atoms with Gasteiger partial charge in [-0.2, -0.15) is 0 Å². The average Bonchev–Trinajstić information content (AvgIpc) is 3.08. The zero-order valence-corrected chi connectivity index (χ0v) is 15.8. The van der Waals surface area contributed by atoms with Gasteiger partial charge in [0.15, 0.2) is 0 Å². The predicted octanol–water partition coefficient (Wildman–Crippen LogP) is 5.63. The van der Waals surface area contributed by atoms with E-state index in [0.29, 0.717) is 17.2 Å². The number of carbonyl (C=O) groups excluding carboxylic acids is 1. The highest BCUT2D eigenvalue weighted by atomic mass is 79.9. The Bertz CT molecular complexity index is 629. The molecule has 0 aliphatic carbocycles. The van der Waals surface area contributed by atoms with E-state index in [4.69, 9.17) is 4.42 Å². The summed E-state index contributed by atoms with van der Waals surface area (Å²) in [7, 11) is 0. The van der Waals surface area contributed by atoms with E-state index in [1.165, 1.54) is 4.88 Å². The number of nitrogens with one attached hydrogen (secondary N) is 1. The van der Waals surface area contributed by atoms with Gasteiger partial charge in [0.25, 0.3) is 5.91 Å². The van der Waals surface area contributed by atoms with Gasteiger partial charge < -0.3 is 9.73 Å². The Labute approximate surface area is 144 Å². The van der Waals surface area contributed by atoms with Gasteiger partial charge in [0.2, 0.25) is 0 Å². The third-order valence-electron chi connectivity index (χ3n) is 4.07. The molecule has 0 aromatic carbocycles. The number of amides is 1. The van der Waals surface area contributed by atoms with Crippen molar-refractivity contribution in [3.8, 4) is 0 Å². The summed E-state index contributed by atoms with van der Waals surface area (Å²) in [6.45, 7) is 8.02. The lowest BCUT2D eigenvalue weighted by Gasteiger charge is -2.25. The summed E-state index contributed by atoms with van der Waals surface area (Å²) in [5, 5.41) is 5.27. The molecule has 0 radical (unpaired) electrons. The molecule has 0 bridgehead atoms. The fourth-order valence-corrected chi connectivity index (χ4v) is 4.19. The van der Waals surface area contributed by atoms with Crippen molar-refractivity contribution in [2.75, 3.05) is 0 Å². The number of carbonyl (C=O) groups is 1. The molecule has 22 heavy (non-hydrogen) atoms. The zero-order valence-electron chi connectivity index (χ0n) is 13.4. The maximum atomic E-state index is 12.7. The minimum absolute atomic E-state index is 0.0454. The quantitative estimate of drug-likeness (QED) is 0.702. The molecule has 2 heterocycles. The molecule has 0 saturated heterocycles. The van der Waals surface area contributed by atoms with E-state index in [1.54, 1.807) is 11.3 Å². The van der Waals surface area contributed by atoms with Crippen molar-refractivity contribution in [3.63, 3.8) is 0 Å². The predicted molar refractivity (Wildman–Crippen MR) is 94.5 cm³/mol. The number of hydrogen-bond donors (Lipinski definition) is 1. The van der Waals surface area contributed by atoms with Crippen LogP contribution in [0.4, 0.5) is 0 Å². The Morgan fingerprint density at radius 1 is 1.32 bits per heavy atom. The van der Waals surface area contributed by atoms with Crippen LogP contribution in [0, 0.1) is 19.8 Å². The van der Waals surface area contributed by atoms with Crippen LogP contribution in [-0.2, 0) is 0 Å². The lowest BCUT2D eigenvalue weighted by molar-refractivity contribution is 0.0918. The van der Waals surface area contributed by atoms with Crippen LogP contribution in [-0.4, -0.2) is 5.91 Å². The summed E-state index contributed by atoms with van der Waals surface area (Å²) < 4.78 is 6.29. The van der Waals surface area contributed by atoms with E-state index < -0.39 is 0 Å². The van der Waals surface area contributed by atoms with E-state index in [1.807, 2.05) is 19.9 Å². The summed E-state index contributed by atoms with van der Waals surface area (Å²) in [5.41, 5.74) is 0.602. The number of aryl methyl sites for hydroxylation is 2. The second kappa shape index (κ2) is 7.47. The van der Waals surface area contributed by atoms with Crippen molar-refractivity contribution in [3.05, 3.63) is 43.9 Å². The minimum atomic E-state index is -0.0773. The van der Waals surface area contributed by atoms with Crippen LogP contribution in [0.2, 0.25) is 0 Å². The van der Waals surface area contributed by atoms with Crippen LogP contribution in [0.25, 0.3) is 0 Å². The Hall–Kier alpha value is -1.07. The topological polar surface area (TPSA) is 42.2 Å². The second-order valence-corrected chi connectivity index (χ2v) is 7.22. The van der Waals surface area contributed by atoms with E-state index in [0.717, 1.165) is 23.1 Å². The highest BCUT2D eigenvalue weighted by Crippen LogP contribution is 2.32. The van der Waals surface area contributed by atoms with E-state index in [-0.39, 0.29) is 11.9 Å². The van der Waals surface area contributed by atoms with Crippen LogP contribution in [0.15, 0.2) is 26.4 Å². The average molecular weight is 384 g/mol. The molecule has 1 unspecified atom stereocenters. The number of rotatable bonds is 6. The van der Waals surface area contributed by atoms with Crippen LogP contribution >= 0.6 is 27.3 Å². The molecule has 0 saturated carbocycles. The molecule has 120 valence electrons. The fraction of sp³-hybridized carbons (Fsp3) is 0.471. The Kier molecular flexibility index (Phi) is 5.87. The van der Waals surface area contributed by atoms with Crippen LogP contribution < -0.4 is 5.32 Å². The first kappa shape index (κ1) is 17.3. The first-order valence-electron chi connectivity index (χ1n) is 7.59. The normalized spacial score (nSPS) is 12.6. The van der Waals surface area contributed by atoms with E-state index >= 15 is 0 Å².